The molecule has 2 unspecified atom stereocenters. The molecule has 0 amide bonds. The van der Waals surface area contributed by atoms with E-state index in [1.807, 2.05) is 0 Å². The van der Waals surface area contributed by atoms with Crippen molar-refractivity contribution in [2.45, 2.75) is 18.3 Å². The Morgan fingerprint density at radius 2 is 2.06 bits per heavy atom. The minimum Gasteiger partial charge on any atom is -0.466 e. The van der Waals surface area contributed by atoms with E-state index in [2.05, 4.69) is 0 Å². The Labute approximate surface area is 93.7 Å². The van der Waals surface area contributed by atoms with E-state index in [1.54, 1.807) is 0 Å². The van der Waals surface area contributed by atoms with Crippen LogP contribution in [0.2, 0.25) is 5.82 Å². The van der Waals surface area contributed by atoms with Gasteiger partial charge in [0.05, 0.1) is 26.4 Å². The number of cyclic esters (lactones) is 2. The van der Waals surface area contributed by atoms with Crippen molar-refractivity contribution in [3.8, 4) is 0 Å². The smallest absolute Gasteiger partial charge is 0.323 e. The molecule has 0 bridgehead atoms. The minimum atomic E-state index is -0.971. The molecule has 1 radical (unpaired) electrons. The summed E-state index contributed by atoms with van der Waals surface area (Å²) in [7, 11) is 1.39. The van der Waals surface area contributed by atoms with Crippen molar-refractivity contribution < 1.29 is 23.7 Å². The van der Waals surface area contributed by atoms with E-state index >= 15 is 0 Å². The van der Waals surface area contributed by atoms with Crippen LogP contribution in [0.1, 0.15) is 6.42 Å². The number of nitrogens with two attached hydrogens (primary N) is 2. The van der Waals surface area contributed by atoms with Gasteiger partial charge in [-0.1, -0.05) is 0 Å². The van der Waals surface area contributed by atoms with Gasteiger partial charge in [-0.25, -0.2) is 0 Å². The zero-order chi connectivity index (χ0) is 12.0. The SMILES string of the molecule is NCO[B]C1COC(=O)CC(N)C(=O)OC1. The van der Waals surface area contributed by atoms with Crippen molar-refractivity contribution in [1.82, 2.24) is 0 Å². The van der Waals surface area contributed by atoms with Gasteiger partial charge in [0.2, 0.25) is 0 Å². The third kappa shape index (κ3) is 4.17. The molecule has 0 aromatic rings. The van der Waals surface area contributed by atoms with Crippen molar-refractivity contribution in [2.24, 2.45) is 11.5 Å². The van der Waals surface area contributed by atoms with Crippen LogP contribution in [-0.2, 0) is 23.7 Å². The summed E-state index contributed by atoms with van der Waals surface area (Å²) < 4.78 is 14.6. The van der Waals surface area contributed by atoms with E-state index in [0.29, 0.717) is 0 Å². The molecular weight excluding hydrogens is 215 g/mol. The first-order chi connectivity index (χ1) is 7.63. The van der Waals surface area contributed by atoms with E-state index in [4.69, 9.17) is 25.6 Å². The van der Waals surface area contributed by atoms with E-state index in [9.17, 15) is 9.59 Å². The summed E-state index contributed by atoms with van der Waals surface area (Å²) in [5.74, 6) is -1.48. The van der Waals surface area contributed by atoms with Crippen LogP contribution in [0.25, 0.3) is 0 Å². The molecular formula is C8H14BN2O5. The average molecular weight is 229 g/mol. The summed E-state index contributed by atoms with van der Waals surface area (Å²) in [6.07, 6.45) is -0.177. The summed E-state index contributed by atoms with van der Waals surface area (Å²) in [5, 5.41) is 0. The normalized spacial score (nSPS) is 27.1. The largest absolute Gasteiger partial charge is 0.466 e. The topological polar surface area (TPSA) is 114 Å². The second kappa shape index (κ2) is 6.46. The summed E-state index contributed by atoms with van der Waals surface area (Å²) in [6.45, 7) is 0.149. The zero-order valence-corrected chi connectivity index (χ0v) is 8.76. The van der Waals surface area contributed by atoms with Crippen LogP contribution in [0.4, 0.5) is 0 Å². The number of carbonyl (C=O) groups excluding carboxylic acids is 2. The minimum absolute atomic E-state index is 0.0118. The van der Waals surface area contributed by atoms with Crippen molar-refractivity contribution in [1.29, 1.82) is 0 Å². The van der Waals surface area contributed by atoms with E-state index in [0.717, 1.165) is 0 Å². The van der Waals surface area contributed by atoms with Crippen molar-refractivity contribution in [3.63, 3.8) is 0 Å². The molecule has 0 spiro atoms. The molecule has 89 valence electrons. The lowest BCUT2D eigenvalue weighted by molar-refractivity contribution is -0.148. The molecule has 8 heteroatoms. The average Bonchev–Trinajstić information content (AvgIpc) is 2.31. The molecule has 0 aromatic heterocycles. The molecule has 7 nitrogen and oxygen atoms in total. The molecule has 1 heterocycles. The molecule has 0 saturated carbocycles. The number of ether oxygens (including phenoxy) is 2. The number of carbonyl (C=O) groups is 2. The van der Waals surface area contributed by atoms with E-state index in [1.165, 1.54) is 7.48 Å². The first-order valence-electron chi connectivity index (χ1n) is 4.86. The molecule has 0 aliphatic carbocycles. The Kier molecular flexibility index (Phi) is 5.23. The molecule has 1 aliphatic rings. The Hall–Kier alpha value is -1.12. The molecule has 1 fully saturated rings. The quantitative estimate of drug-likeness (QED) is 0.331. The highest BCUT2D eigenvalue weighted by Crippen LogP contribution is 2.10. The fourth-order valence-corrected chi connectivity index (χ4v) is 1.14. The second-order valence-electron chi connectivity index (χ2n) is 3.35. The third-order valence-corrected chi connectivity index (χ3v) is 1.97. The molecule has 16 heavy (non-hydrogen) atoms. The fourth-order valence-electron chi connectivity index (χ4n) is 1.14. The van der Waals surface area contributed by atoms with E-state index in [-0.39, 0.29) is 32.2 Å². The van der Waals surface area contributed by atoms with Crippen LogP contribution in [0, 0.1) is 0 Å². The van der Waals surface area contributed by atoms with Crippen LogP contribution in [0.5, 0.6) is 0 Å². The Morgan fingerprint density at radius 1 is 1.38 bits per heavy atom. The van der Waals surface area contributed by atoms with Crippen molar-refractivity contribution in [2.75, 3.05) is 19.9 Å². The Balaban J connectivity index is 2.51. The van der Waals surface area contributed by atoms with Gasteiger partial charge in [-0.3, -0.25) is 9.59 Å². The lowest BCUT2D eigenvalue weighted by Crippen LogP contribution is -2.34. The molecule has 1 rings (SSSR count). The Morgan fingerprint density at radius 3 is 2.75 bits per heavy atom. The number of rotatable bonds is 3. The lowest BCUT2D eigenvalue weighted by Gasteiger charge is -2.13. The third-order valence-electron chi connectivity index (χ3n) is 1.97. The van der Waals surface area contributed by atoms with Crippen molar-refractivity contribution >= 4 is 19.4 Å². The Bertz CT molecular complexity index is 263. The predicted octanol–water partition coefficient (Wildman–Crippen LogP) is -1.86. The maximum Gasteiger partial charge on any atom is 0.323 e. The highest BCUT2D eigenvalue weighted by atomic mass is 16.6. The van der Waals surface area contributed by atoms with Crippen molar-refractivity contribution in [3.05, 3.63) is 0 Å². The molecule has 1 aliphatic heterocycles. The maximum absolute atomic E-state index is 11.3. The first-order valence-corrected chi connectivity index (χ1v) is 4.86. The predicted molar refractivity (Wildman–Crippen MR) is 54.2 cm³/mol. The molecule has 0 aromatic carbocycles. The van der Waals surface area contributed by atoms with Gasteiger partial charge in [-0.15, -0.1) is 0 Å². The van der Waals surface area contributed by atoms with E-state index < -0.39 is 18.0 Å². The second-order valence-corrected chi connectivity index (χ2v) is 3.35. The summed E-state index contributed by atoms with van der Waals surface area (Å²) >= 11 is 0. The number of esters is 2. The van der Waals surface area contributed by atoms with Gasteiger partial charge in [0.25, 0.3) is 0 Å². The number of hydrogen-bond donors (Lipinski definition) is 2. The standard InChI is InChI=1S/C8H14BN2O5/c10-4-16-9-5-2-14-7(12)1-6(11)8(13)15-3-5/h5-6H,1-4,10-11H2. The molecule has 2 atom stereocenters. The summed E-state index contributed by atoms with van der Waals surface area (Å²) in [5.41, 5.74) is 10.6. The monoisotopic (exact) mass is 229 g/mol. The summed E-state index contributed by atoms with van der Waals surface area (Å²) in [6, 6.07) is -0.971. The molecule has 1 saturated heterocycles. The first kappa shape index (κ1) is 13.0. The van der Waals surface area contributed by atoms with Gasteiger partial charge in [0.1, 0.15) is 6.04 Å². The highest BCUT2D eigenvalue weighted by molar-refractivity contribution is 6.29. The summed E-state index contributed by atoms with van der Waals surface area (Å²) in [4.78, 5) is 22.4. The highest BCUT2D eigenvalue weighted by Gasteiger charge is 2.25. The fraction of sp³-hybridized carbons (Fsp3) is 0.750. The van der Waals surface area contributed by atoms with Gasteiger partial charge in [0, 0.05) is 5.82 Å². The number of hydrogen-bond acceptors (Lipinski definition) is 7. The molecule has 4 N–H and O–H groups in total. The van der Waals surface area contributed by atoms with Gasteiger partial charge in [0.15, 0.2) is 0 Å². The van der Waals surface area contributed by atoms with Crippen LogP contribution < -0.4 is 11.5 Å². The van der Waals surface area contributed by atoms with Gasteiger partial charge >= 0.3 is 19.4 Å². The van der Waals surface area contributed by atoms with Crippen LogP contribution >= 0.6 is 0 Å². The van der Waals surface area contributed by atoms with Gasteiger partial charge in [-0.2, -0.15) is 0 Å². The van der Waals surface area contributed by atoms with Crippen LogP contribution in [0.15, 0.2) is 0 Å². The zero-order valence-electron chi connectivity index (χ0n) is 8.76. The van der Waals surface area contributed by atoms with Gasteiger partial charge < -0.3 is 25.6 Å². The van der Waals surface area contributed by atoms with Gasteiger partial charge in [-0.05, 0) is 0 Å². The maximum atomic E-state index is 11.3. The van der Waals surface area contributed by atoms with Crippen LogP contribution in [0.3, 0.4) is 0 Å². The van der Waals surface area contributed by atoms with Crippen LogP contribution in [-0.4, -0.2) is 45.4 Å². The lowest BCUT2D eigenvalue weighted by atomic mass is 9.81.